The van der Waals surface area contributed by atoms with Crippen LogP contribution in [0.25, 0.3) is 34.4 Å². The maximum absolute atomic E-state index is 14.9. The number of fused-ring (bicyclic) bond motifs is 1. The number of nitrogens with zero attached hydrogens (tertiary/aromatic N) is 4. The molecule has 0 bridgehead atoms. The number of benzene rings is 2. The minimum atomic E-state index is -0.792. The van der Waals surface area contributed by atoms with Crippen LogP contribution in [0, 0.1) is 18.6 Å². The average Bonchev–Trinajstić information content (AvgIpc) is 3.23. The zero-order valence-electron chi connectivity index (χ0n) is 20.2. The number of para-hydroxylation sites is 1. The molecule has 3 heterocycles. The van der Waals surface area contributed by atoms with E-state index in [0.29, 0.717) is 34.9 Å². The highest BCUT2D eigenvalue weighted by molar-refractivity contribution is 5.89. The Balaban J connectivity index is 1.70. The quantitative estimate of drug-likeness (QED) is 0.388. The first-order chi connectivity index (χ1) is 17.9. The number of anilines is 1. The number of carbonyl (C=O) groups is 1. The summed E-state index contributed by atoms with van der Waals surface area (Å²) in [6.07, 6.45) is 1.74. The number of rotatable bonds is 6. The summed E-state index contributed by atoms with van der Waals surface area (Å²) in [4.78, 5) is 24.7. The van der Waals surface area contributed by atoms with Crippen molar-refractivity contribution in [3.63, 3.8) is 0 Å². The van der Waals surface area contributed by atoms with E-state index < -0.39 is 11.6 Å². The molecule has 10 heteroatoms. The zero-order chi connectivity index (χ0) is 26.1. The molecule has 0 saturated heterocycles. The van der Waals surface area contributed by atoms with Gasteiger partial charge < -0.3 is 10.1 Å². The van der Waals surface area contributed by atoms with E-state index >= 15 is 0 Å². The Bertz CT molecular complexity index is 1610. The molecule has 5 rings (SSSR count). The van der Waals surface area contributed by atoms with Gasteiger partial charge in [-0.3, -0.25) is 9.59 Å². The first-order valence-electron chi connectivity index (χ1n) is 11.7. The molecule has 1 N–H and O–H groups in total. The van der Waals surface area contributed by atoms with Crippen LogP contribution in [-0.2, 0) is 9.53 Å². The van der Waals surface area contributed by atoms with Crippen LogP contribution >= 0.6 is 0 Å². The Morgan fingerprint density at radius 1 is 1.11 bits per heavy atom. The van der Waals surface area contributed by atoms with Crippen molar-refractivity contribution in [2.45, 2.75) is 20.3 Å². The number of aryl methyl sites for hydroxylation is 1. The Kier molecular flexibility index (Phi) is 6.39. The first-order valence-corrected chi connectivity index (χ1v) is 11.7. The number of hydrogen-bond acceptors (Lipinski definition) is 6. The second kappa shape index (κ2) is 9.81. The van der Waals surface area contributed by atoms with Gasteiger partial charge in [0.05, 0.1) is 30.0 Å². The van der Waals surface area contributed by atoms with Crippen LogP contribution in [0.5, 0.6) is 0 Å². The lowest BCUT2D eigenvalue weighted by atomic mass is 10.0. The second-order valence-corrected chi connectivity index (χ2v) is 8.52. The van der Waals surface area contributed by atoms with E-state index in [4.69, 9.17) is 4.74 Å². The molecule has 0 amide bonds. The summed E-state index contributed by atoms with van der Waals surface area (Å²) in [5.74, 6) is -1.38. The molecule has 0 atom stereocenters. The van der Waals surface area contributed by atoms with Crippen molar-refractivity contribution in [1.29, 1.82) is 0 Å². The number of esters is 1. The zero-order valence-corrected chi connectivity index (χ0v) is 20.2. The van der Waals surface area contributed by atoms with Gasteiger partial charge in [-0.1, -0.05) is 18.2 Å². The van der Waals surface area contributed by atoms with Crippen LogP contribution < -0.4 is 10.9 Å². The van der Waals surface area contributed by atoms with Crippen LogP contribution in [0.1, 0.15) is 18.9 Å². The standard InChI is InChI=1S/C27H23F2N5O3/c1-3-37-24(36)12-17-14-30-27-25(26(32-33(27)15-17)19-9-8-18(28)13-20(19)29)21-10-11-23(35)34(31-21)22-7-5-4-6-16(22)2/h4-11,13,15,30H,3,12,14H2,1-2H3. The third-order valence-corrected chi connectivity index (χ3v) is 5.96. The Labute approximate surface area is 210 Å². The molecule has 8 nitrogen and oxygen atoms in total. The van der Waals surface area contributed by atoms with Gasteiger partial charge in [0.1, 0.15) is 23.1 Å². The van der Waals surface area contributed by atoms with E-state index in [1.807, 2.05) is 25.1 Å². The lowest BCUT2D eigenvalue weighted by Gasteiger charge is -2.18. The summed E-state index contributed by atoms with van der Waals surface area (Å²) >= 11 is 0. The first kappa shape index (κ1) is 24.1. The molecule has 0 aliphatic carbocycles. The molecule has 0 spiro atoms. The van der Waals surface area contributed by atoms with Gasteiger partial charge in [-0.2, -0.15) is 14.9 Å². The largest absolute Gasteiger partial charge is 0.466 e. The Hall–Kier alpha value is -4.60. The molecular formula is C27H23F2N5O3. The summed E-state index contributed by atoms with van der Waals surface area (Å²) in [6.45, 7) is 4.19. The van der Waals surface area contributed by atoms with Crippen LogP contribution in [0.2, 0.25) is 0 Å². The lowest BCUT2D eigenvalue weighted by molar-refractivity contribution is -0.142. The van der Waals surface area contributed by atoms with Crippen LogP contribution in [0.15, 0.2) is 65.0 Å². The van der Waals surface area contributed by atoms with Crippen LogP contribution in [-0.4, -0.2) is 38.7 Å². The predicted molar refractivity (Wildman–Crippen MR) is 135 cm³/mol. The molecule has 1 aliphatic rings. The van der Waals surface area contributed by atoms with Gasteiger partial charge >= 0.3 is 5.97 Å². The molecule has 1 aliphatic heterocycles. The molecule has 0 unspecified atom stereocenters. The van der Waals surface area contributed by atoms with Crippen LogP contribution in [0.4, 0.5) is 14.6 Å². The van der Waals surface area contributed by atoms with E-state index in [2.05, 4.69) is 15.5 Å². The van der Waals surface area contributed by atoms with E-state index in [0.717, 1.165) is 17.7 Å². The van der Waals surface area contributed by atoms with Crippen molar-refractivity contribution in [2.75, 3.05) is 18.5 Å². The number of carbonyl (C=O) groups excluding carboxylic acids is 1. The summed E-state index contributed by atoms with van der Waals surface area (Å²) < 4.78 is 36.4. The molecule has 188 valence electrons. The number of hydrogen-bond donors (Lipinski definition) is 1. The van der Waals surface area contributed by atoms with E-state index in [1.54, 1.807) is 25.3 Å². The molecular weight excluding hydrogens is 480 g/mol. The molecule has 2 aromatic heterocycles. The Morgan fingerprint density at radius 2 is 1.92 bits per heavy atom. The number of nitrogens with one attached hydrogen (secondary N) is 1. The minimum absolute atomic E-state index is 0.0616. The molecule has 0 saturated carbocycles. The molecule has 0 radical (unpaired) electrons. The Morgan fingerprint density at radius 3 is 2.68 bits per heavy atom. The monoisotopic (exact) mass is 503 g/mol. The highest BCUT2D eigenvalue weighted by Gasteiger charge is 2.27. The predicted octanol–water partition coefficient (Wildman–Crippen LogP) is 4.57. The van der Waals surface area contributed by atoms with Crippen molar-refractivity contribution in [1.82, 2.24) is 19.6 Å². The van der Waals surface area contributed by atoms with E-state index in [1.165, 1.54) is 21.5 Å². The minimum Gasteiger partial charge on any atom is -0.466 e. The number of ether oxygens (including phenoxy) is 1. The van der Waals surface area contributed by atoms with Gasteiger partial charge in [0.2, 0.25) is 0 Å². The van der Waals surface area contributed by atoms with E-state index in [-0.39, 0.29) is 35.8 Å². The maximum atomic E-state index is 14.9. The fourth-order valence-electron chi connectivity index (χ4n) is 4.25. The van der Waals surface area contributed by atoms with Crippen molar-refractivity contribution in [2.24, 2.45) is 0 Å². The SMILES string of the molecule is CCOC(=O)CC1=Cn2nc(-c3ccc(F)cc3F)c(-c3ccc(=O)n(-c4ccccc4C)n3)c2NC1. The highest BCUT2D eigenvalue weighted by atomic mass is 19.1. The molecule has 0 fully saturated rings. The molecule has 2 aromatic carbocycles. The van der Waals surface area contributed by atoms with Gasteiger partial charge in [0, 0.05) is 30.4 Å². The van der Waals surface area contributed by atoms with Gasteiger partial charge in [0.25, 0.3) is 5.56 Å². The highest BCUT2D eigenvalue weighted by Crippen LogP contribution is 2.39. The van der Waals surface area contributed by atoms with Gasteiger partial charge in [0.15, 0.2) is 0 Å². The third kappa shape index (κ3) is 4.65. The average molecular weight is 504 g/mol. The fourth-order valence-corrected chi connectivity index (χ4v) is 4.25. The van der Waals surface area contributed by atoms with Crippen molar-refractivity contribution >= 4 is 18.0 Å². The summed E-state index contributed by atoms with van der Waals surface area (Å²) in [7, 11) is 0. The number of aromatic nitrogens is 4. The lowest BCUT2D eigenvalue weighted by Crippen LogP contribution is -2.21. The van der Waals surface area contributed by atoms with Gasteiger partial charge in [-0.15, -0.1) is 0 Å². The third-order valence-electron chi connectivity index (χ3n) is 5.96. The number of halogens is 2. The van der Waals surface area contributed by atoms with E-state index in [9.17, 15) is 18.4 Å². The van der Waals surface area contributed by atoms with Crippen LogP contribution in [0.3, 0.4) is 0 Å². The maximum Gasteiger partial charge on any atom is 0.310 e. The molecule has 37 heavy (non-hydrogen) atoms. The topological polar surface area (TPSA) is 91.0 Å². The summed E-state index contributed by atoms with van der Waals surface area (Å²) in [5.41, 5.74) is 2.89. The summed E-state index contributed by atoms with van der Waals surface area (Å²) in [6, 6.07) is 13.5. The van der Waals surface area contributed by atoms with Gasteiger partial charge in [-0.05, 0) is 49.2 Å². The van der Waals surface area contributed by atoms with Crippen molar-refractivity contribution in [3.05, 3.63) is 87.7 Å². The summed E-state index contributed by atoms with van der Waals surface area (Å²) in [5, 5.41) is 12.4. The normalized spacial score (nSPS) is 12.5. The smallest absolute Gasteiger partial charge is 0.310 e. The van der Waals surface area contributed by atoms with Gasteiger partial charge in [-0.25, -0.2) is 13.5 Å². The van der Waals surface area contributed by atoms with Crippen molar-refractivity contribution < 1.29 is 18.3 Å². The van der Waals surface area contributed by atoms with Crippen molar-refractivity contribution in [3.8, 4) is 28.2 Å². The fraction of sp³-hybridized carbons (Fsp3) is 0.185. The molecule has 4 aromatic rings. The second-order valence-electron chi connectivity index (χ2n) is 8.52.